The van der Waals surface area contributed by atoms with E-state index in [-0.39, 0.29) is 12.5 Å². The molecule has 0 saturated heterocycles. The topological polar surface area (TPSA) is 69.6 Å². The van der Waals surface area contributed by atoms with Crippen molar-refractivity contribution >= 4 is 5.91 Å². The average Bonchev–Trinajstić information content (AvgIpc) is 2.82. The van der Waals surface area contributed by atoms with Crippen molar-refractivity contribution in [3.8, 4) is 0 Å². The van der Waals surface area contributed by atoms with Crippen LogP contribution in [0.2, 0.25) is 0 Å². The molecule has 0 aliphatic heterocycles. The van der Waals surface area contributed by atoms with E-state index in [2.05, 4.69) is 55.6 Å². The van der Waals surface area contributed by atoms with Gasteiger partial charge in [-0.15, -0.1) is 0 Å². The van der Waals surface area contributed by atoms with Crippen LogP contribution in [0.3, 0.4) is 0 Å². The number of carbonyl (C=O) groups excluding carboxylic acids is 1. The summed E-state index contributed by atoms with van der Waals surface area (Å²) in [6.45, 7) is 4.16. The third-order valence-electron chi connectivity index (χ3n) is 5.92. The zero-order valence-corrected chi connectivity index (χ0v) is 21.6. The number of aliphatic hydroxyl groups is 2. The Morgan fingerprint density at radius 3 is 1.97 bits per heavy atom. The fourth-order valence-electron chi connectivity index (χ4n) is 3.78. The van der Waals surface area contributed by atoms with Gasteiger partial charge in [0.05, 0.1) is 18.8 Å². The van der Waals surface area contributed by atoms with Crippen LogP contribution in [0.1, 0.15) is 123 Å². The molecule has 0 radical (unpaired) electrons. The van der Waals surface area contributed by atoms with Crippen LogP contribution in [0.25, 0.3) is 0 Å². The summed E-state index contributed by atoms with van der Waals surface area (Å²) in [6.07, 6.45) is 30.4. The first kappa shape index (κ1) is 31.6. The molecule has 4 nitrogen and oxygen atoms in total. The van der Waals surface area contributed by atoms with E-state index in [4.69, 9.17) is 0 Å². The Morgan fingerprint density at radius 1 is 0.758 bits per heavy atom. The Bertz CT molecular complexity index is 513. The number of unbranched alkanes of at least 4 members (excludes halogenated alkanes) is 10. The highest BCUT2D eigenvalue weighted by molar-refractivity contribution is 5.76. The molecule has 0 aliphatic rings. The number of hydrogen-bond acceptors (Lipinski definition) is 3. The van der Waals surface area contributed by atoms with E-state index in [1.165, 1.54) is 38.5 Å². The molecule has 0 aromatic rings. The molecule has 1 amide bonds. The molecule has 0 heterocycles. The molecule has 0 aromatic heterocycles. The SMILES string of the molecule is CC/C=C\C/C=C\C/C=C\CCCCCC(=O)NC(CO)C(O)CCCCCCCCCC. The van der Waals surface area contributed by atoms with Crippen LogP contribution in [-0.4, -0.2) is 34.9 Å². The van der Waals surface area contributed by atoms with Gasteiger partial charge in [0.25, 0.3) is 0 Å². The summed E-state index contributed by atoms with van der Waals surface area (Å²) in [7, 11) is 0. The zero-order chi connectivity index (χ0) is 24.4. The van der Waals surface area contributed by atoms with Gasteiger partial charge in [0, 0.05) is 6.42 Å². The van der Waals surface area contributed by atoms with Crippen molar-refractivity contribution in [2.75, 3.05) is 6.61 Å². The molecule has 0 bridgehead atoms. The Hall–Kier alpha value is -1.39. The predicted octanol–water partition coefficient (Wildman–Crippen LogP) is 7.16. The summed E-state index contributed by atoms with van der Waals surface area (Å²) in [4.78, 5) is 12.2. The number of aliphatic hydroxyl groups excluding tert-OH is 2. The van der Waals surface area contributed by atoms with Crippen molar-refractivity contribution in [3.05, 3.63) is 36.5 Å². The van der Waals surface area contributed by atoms with Gasteiger partial charge >= 0.3 is 0 Å². The fraction of sp³-hybridized carbons (Fsp3) is 0.759. The first-order chi connectivity index (χ1) is 16.2. The second-order valence-electron chi connectivity index (χ2n) is 9.08. The monoisotopic (exact) mass is 463 g/mol. The van der Waals surface area contributed by atoms with E-state index in [1.54, 1.807) is 0 Å². The number of nitrogens with one attached hydrogen (secondary N) is 1. The van der Waals surface area contributed by atoms with E-state index in [0.29, 0.717) is 12.8 Å². The molecular weight excluding hydrogens is 410 g/mol. The lowest BCUT2D eigenvalue weighted by molar-refractivity contribution is -0.123. The van der Waals surface area contributed by atoms with Crippen molar-refractivity contribution in [1.29, 1.82) is 0 Å². The lowest BCUT2D eigenvalue weighted by Crippen LogP contribution is -2.45. The molecule has 0 fully saturated rings. The van der Waals surface area contributed by atoms with Crippen LogP contribution in [0.5, 0.6) is 0 Å². The molecular formula is C29H53NO3. The van der Waals surface area contributed by atoms with Crippen molar-refractivity contribution < 1.29 is 15.0 Å². The summed E-state index contributed by atoms with van der Waals surface area (Å²) < 4.78 is 0. The van der Waals surface area contributed by atoms with Crippen molar-refractivity contribution in [3.63, 3.8) is 0 Å². The van der Waals surface area contributed by atoms with Crippen LogP contribution in [0.15, 0.2) is 36.5 Å². The lowest BCUT2D eigenvalue weighted by Gasteiger charge is -2.22. The maximum absolute atomic E-state index is 12.2. The maximum atomic E-state index is 12.2. The van der Waals surface area contributed by atoms with Gasteiger partial charge in [0.1, 0.15) is 0 Å². The van der Waals surface area contributed by atoms with Gasteiger partial charge in [0.15, 0.2) is 0 Å². The summed E-state index contributed by atoms with van der Waals surface area (Å²) >= 11 is 0. The number of hydrogen-bond donors (Lipinski definition) is 3. The summed E-state index contributed by atoms with van der Waals surface area (Å²) in [5.41, 5.74) is 0. The van der Waals surface area contributed by atoms with Gasteiger partial charge in [0.2, 0.25) is 5.91 Å². The molecule has 0 rings (SSSR count). The minimum Gasteiger partial charge on any atom is -0.394 e. The van der Waals surface area contributed by atoms with Crippen LogP contribution in [-0.2, 0) is 4.79 Å². The third-order valence-corrected chi connectivity index (χ3v) is 5.92. The zero-order valence-electron chi connectivity index (χ0n) is 21.6. The standard InChI is InChI=1S/C29H53NO3/c1-3-5-7-9-11-13-14-15-16-17-19-21-23-25-29(33)30-27(26-31)28(32)24-22-20-18-12-10-8-6-4-2/h5,7,11,13,15-16,27-28,31-32H,3-4,6,8-10,12,14,17-26H2,1-2H3,(H,30,33)/b7-5-,13-11-,16-15-. The smallest absolute Gasteiger partial charge is 0.220 e. The molecule has 2 unspecified atom stereocenters. The molecule has 4 heteroatoms. The molecule has 0 spiro atoms. The second-order valence-corrected chi connectivity index (χ2v) is 9.08. The van der Waals surface area contributed by atoms with Crippen molar-refractivity contribution in [2.45, 2.75) is 135 Å². The summed E-state index contributed by atoms with van der Waals surface area (Å²) in [6, 6.07) is -0.546. The highest BCUT2D eigenvalue weighted by Gasteiger charge is 2.19. The number of allylic oxidation sites excluding steroid dienone is 6. The quantitative estimate of drug-likeness (QED) is 0.111. The lowest BCUT2D eigenvalue weighted by atomic mass is 10.0. The predicted molar refractivity (Wildman–Crippen MR) is 142 cm³/mol. The molecule has 0 aromatic carbocycles. The van der Waals surface area contributed by atoms with Gasteiger partial charge in [-0.25, -0.2) is 0 Å². The highest BCUT2D eigenvalue weighted by atomic mass is 16.3. The van der Waals surface area contributed by atoms with Crippen LogP contribution >= 0.6 is 0 Å². The van der Waals surface area contributed by atoms with E-state index in [0.717, 1.165) is 57.8 Å². The van der Waals surface area contributed by atoms with Crippen LogP contribution in [0.4, 0.5) is 0 Å². The van der Waals surface area contributed by atoms with Gasteiger partial charge in [-0.1, -0.05) is 108 Å². The maximum Gasteiger partial charge on any atom is 0.220 e. The van der Waals surface area contributed by atoms with E-state index >= 15 is 0 Å². The number of carbonyl (C=O) groups is 1. The normalized spacial score (nSPS) is 13.9. The van der Waals surface area contributed by atoms with Gasteiger partial charge in [-0.05, 0) is 44.9 Å². The summed E-state index contributed by atoms with van der Waals surface area (Å²) in [5.74, 6) is -0.0678. The minimum atomic E-state index is -0.666. The van der Waals surface area contributed by atoms with Crippen LogP contribution in [0, 0.1) is 0 Å². The van der Waals surface area contributed by atoms with Gasteiger partial charge in [-0.2, -0.15) is 0 Å². The highest BCUT2D eigenvalue weighted by Crippen LogP contribution is 2.12. The molecule has 2 atom stereocenters. The summed E-state index contributed by atoms with van der Waals surface area (Å²) in [5, 5.41) is 22.7. The van der Waals surface area contributed by atoms with E-state index in [9.17, 15) is 15.0 Å². The second kappa shape index (κ2) is 25.2. The molecule has 192 valence electrons. The van der Waals surface area contributed by atoms with Gasteiger partial charge in [-0.3, -0.25) is 4.79 Å². The Kier molecular flexibility index (Phi) is 24.2. The number of rotatable bonds is 23. The Labute approximate surface area is 204 Å². The molecule has 0 aliphatic carbocycles. The molecule has 3 N–H and O–H groups in total. The van der Waals surface area contributed by atoms with Crippen LogP contribution < -0.4 is 5.32 Å². The molecule has 0 saturated carbocycles. The first-order valence-corrected chi connectivity index (χ1v) is 13.7. The van der Waals surface area contributed by atoms with E-state index in [1.807, 2.05) is 0 Å². The van der Waals surface area contributed by atoms with E-state index < -0.39 is 12.1 Å². The van der Waals surface area contributed by atoms with Gasteiger partial charge < -0.3 is 15.5 Å². The average molecular weight is 464 g/mol. The van der Waals surface area contributed by atoms with Crippen molar-refractivity contribution in [2.24, 2.45) is 0 Å². The van der Waals surface area contributed by atoms with Crippen molar-refractivity contribution in [1.82, 2.24) is 5.32 Å². The molecule has 33 heavy (non-hydrogen) atoms. The Balaban J connectivity index is 3.73. The number of amides is 1. The first-order valence-electron chi connectivity index (χ1n) is 13.7. The fourth-order valence-corrected chi connectivity index (χ4v) is 3.78. The minimum absolute atomic E-state index is 0.0678. The third kappa shape index (κ3) is 22.2. The largest absolute Gasteiger partial charge is 0.394 e. The Morgan fingerprint density at radius 2 is 1.33 bits per heavy atom.